The van der Waals surface area contributed by atoms with Crippen LogP contribution in [-0.2, 0) is 6.54 Å². The number of hydrogen-bond donors (Lipinski definition) is 2. The number of aromatic hydroxyl groups is 1. The van der Waals surface area contributed by atoms with Gasteiger partial charge in [0.25, 0.3) is 5.56 Å². The van der Waals surface area contributed by atoms with Gasteiger partial charge in [0.2, 0.25) is 5.88 Å². The number of hydrogen-bond acceptors (Lipinski definition) is 5. The van der Waals surface area contributed by atoms with Crippen LogP contribution in [0.25, 0.3) is 0 Å². The maximum atomic E-state index is 12.2. The van der Waals surface area contributed by atoms with E-state index in [1.807, 2.05) is 0 Å². The Morgan fingerprint density at radius 2 is 2.18 bits per heavy atom. The Bertz CT molecular complexity index is 494. The molecule has 0 bridgehead atoms. The van der Waals surface area contributed by atoms with Crippen LogP contribution in [0.15, 0.2) is 9.95 Å². The summed E-state index contributed by atoms with van der Waals surface area (Å²) < 4.78 is 1.64. The first-order valence-electron chi connectivity index (χ1n) is 5.99. The summed E-state index contributed by atoms with van der Waals surface area (Å²) in [6.45, 7) is 0.686. The van der Waals surface area contributed by atoms with Crippen molar-refractivity contribution in [3.8, 4) is 5.88 Å². The zero-order valence-corrected chi connectivity index (χ0v) is 10.3. The van der Waals surface area contributed by atoms with Gasteiger partial charge in [-0.15, -0.1) is 0 Å². The highest BCUT2D eigenvalue weighted by atomic mass is 32.2. The van der Waals surface area contributed by atoms with Crippen LogP contribution in [0.3, 0.4) is 0 Å². The number of fused-ring (bicyclic) bond motifs is 1. The maximum absolute atomic E-state index is 12.2. The molecule has 1 saturated carbocycles. The number of nitrogens with one attached hydrogen (secondary N) is 1. The minimum Gasteiger partial charge on any atom is -0.492 e. The fourth-order valence-corrected chi connectivity index (χ4v) is 3.40. The Hall–Kier alpha value is -1.17. The summed E-state index contributed by atoms with van der Waals surface area (Å²) >= 11 is 1.51. The van der Waals surface area contributed by atoms with Crippen LogP contribution >= 0.6 is 11.8 Å². The zero-order chi connectivity index (χ0) is 11.8. The summed E-state index contributed by atoms with van der Waals surface area (Å²) in [5, 5.41) is 13.6. The van der Waals surface area contributed by atoms with E-state index in [1.54, 1.807) is 4.57 Å². The van der Waals surface area contributed by atoms with Crippen LogP contribution in [0.4, 0.5) is 5.69 Å². The van der Waals surface area contributed by atoms with Crippen LogP contribution in [0.1, 0.15) is 25.7 Å². The molecule has 0 atom stereocenters. The number of rotatable bonds is 2. The third-order valence-electron chi connectivity index (χ3n) is 3.36. The normalized spacial score (nSPS) is 19.5. The smallest absolute Gasteiger partial charge is 0.281 e. The molecule has 1 aromatic heterocycles. The average Bonchev–Trinajstić information content (AvgIpc) is 2.94. The minimum absolute atomic E-state index is 0.135. The highest BCUT2D eigenvalue weighted by Crippen LogP contribution is 2.28. The van der Waals surface area contributed by atoms with E-state index in [2.05, 4.69) is 10.3 Å². The summed E-state index contributed by atoms with van der Waals surface area (Å²) in [6, 6.07) is 0.308. The molecule has 2 heterocycles. The van der Waals surface area contributed by atoms with Crippen molar-refractivity contribution in [2.24, 2.45) is 0 Å². The lowest BCUT2D eigenvalue weighted by molar-refractivity contribution is 0.438. The molecule has 0 amide bonds. The van der Waals surface area contributed by atoms with Gasteiger partial charge in [-0.05, 0) is 12.8 Å². The molecule has 0 spiro atoms. The lowest BCUT2D eigenvalue weighted by Gasteiger charge is -2.14. The third kappa shape index (κ3) is 1.90. The molecule has 3 rings (SSSR count). The fraction of sp³-hybridized carbons (Fsp3) is 0.636. The number of anilines is 1. The quantitative estimate of drug-likeness (QED) is 0.780. The molecule has 2 N–H and O–H groups in total. The number of nitrogens with zero attached hydrogens (tertiary/aromatic N) is 2. The van der Waals surface area contributed by atoms with Crippen molar-refractivity contribution in [2.45, 2.75) is 43.4 Å². The van der Waals surface area contributed by atoms with Crippen molar-refractivity contribution in [3.05, 3.63) is 10.4 Å². The third-order valence-corrected chi connectivity index (χ3v) is 4.32. The van der Waals surface area contributed by atoms with Crippen molar-refractivity contribution in [2.75, 3.05) is 11.1 Å². The molecule has 0 radical (unpaired) electrons. The fourth-order valence-electron chi connectivity index (χ4n) is 2.46. The minimum atomic E-state index is -0.150. The van der Waals surface area contributed by atoms with Gasteiger partial charge in [-0.25, -0.2) is 0 Å². The molecule has 1 fully saturated rings. The second kappa shape index (κ2) is 4.25. The first-order valence-corrected chi connectivity index (χ1v) is 6.97. The molecule has 92 valence electrons. The second-order valence-electron chi connectivity index (χ2n) is 4.52. The zero-order valence-electron chi connectivity index (χ0n) is 9.48. The van der Waals surface area contributed by atoms with Gasteiger partial charge < -0.3 is 10.4 Å². The molecule has 1 aromatic rings. The van der Waals surface area contributed by atoms with E-state index in [9.17, 15) is 9.90 Å². The van der Waals surface area contributed by atoms with Gasteiger partial charge in [0.1, 0.15) is 0 Å². The number of thioether (sulfide) groups is 1. The first-order chi connectivity index (χ1) is 8.25. The molecule has 0 unspecified atom stereocenters. The van der Waals surface area contributed by atoms with Crippen LogP contribution in [0, 0.1) is 0 Å². The standard InChI is InChI=1S/C11H15N3O2S/c15-9-8(12-7-3-1-2-4-7)10(16)14-5-6-17-11(14)13-9/h7,12,15H,1-6H2. The molecule has 1 aliphatic carbocycles. The molecular weight excluding hydrogens is 238 g/mol. The number of aromatic nitrogens is 2. The largest absolute Gasteiger partial charge is 0.492 e. The van der Waals surface area contributed by atoms with Crippen LogP contribution in [0.5, 0.6) is 5.88 Å². The van der Waals surface area contributed by atoms with Crippen molar-refractivity contribution >= 4 is 17.4 Å². The van der Waals surface area contributed by atoms with Crippen molar-refractivity contribution < 1.29 is 5.11 Å². The topological polar surface area (TPSA) is 67.2 Å². The van der Waals surface area contributed by atoms with E-state index >= 15 is 0 Å². The van der Waals surface area contributed by atoms with Crippen molar-refractivity contribution in [3.63, 3.8) is 0 Å². The van der Waals surface area contributed by atoms with E-state index in [-0.39, 0.29) is 17.1 Å². The van der Waals surface area contributed by atoms with E-state index in [0.29, 0.717) is 17.7 Å². The van der Waals surface area contributed by atoms with Crippen LogP contribution in [0.2, 0.25) is 0 Å². The molecule has 6 heteroatoms. The summed E-state index contributed by atoms with van der Waals surface area (Å²) in [4.78, 5) is 16.2. The Morgan fingerprint density at radius 1 is 1.41 bits per heavy atom. The predicted molar refractivity (Wildman–Crippen MR) is 66.8 cm³/mol. The Morgan fingerprint density at radius 3 is 2.94 bits per heavy atom. The van der Waals surface area contributed by atoms with Gasteiger partial charge in [0.15, 0.2) is 10.8 Å². The lowest BCUT2D eigenvalue weighted by Crippen LogP contribution is -2.27. The molecule has 5 nitrogen and oxygen atoms in total. The summed E-state index contributed by atoms with van der Waals surface area (Å²) in [6.07, 6.45) is 4.51. The van der Waals surface area contributed by atoms with Gasteiger partial charge in [0.05, 0.1) is 0 Å². The van der Waals surface area contributed by atoms with Crippen LogP contribution < -0.4 is 10.9 Å². The van der Waals surface area contributed by atoms with Gasteiger partial charge in [-0.1, -0.05) is 24.6 Å². The van der Waals surface area contributed by atoms with Gasteiger partial charge in [-0.3, -0.25) is 9.36 Å². The van der Waals surface area contributed by atoms with Gasteiger partial charge in [0, 0.05) is 18.3 Å². The SMILES string of the molecule is O=c1c(NC2CCCC2)c(O)nc2n1CCS2. The van der Waals surface area contributed by atoms with E-state index in [4.69, 9.17) is 0 Å². The molecule has 17 heavy (non-hydrogen) atoms. The lowest BCUT2D eigenvalue weighted by atomic mass is 10.2. The van der Waals surface area contributed by atoms with Crippen molar-refractivity contribution in [1.82, 2.24) is 9.55 Å². The summed E-state index contributed by atoms with van der Waals surface area (Å²) in [5.41, 5.74) is 0.146. The molecule has 0 saturated heterocycles. The maximum Gasteiger partial charge on any atom is 0.281 e. The molecular formula is C11H15N3O2S. The van der Waals surface area contributed by atoms with Crippen molar-refractivity contribution in [1.29, 1.82) is 0 Å². The summed E-state index contributed by atoms with van der Waals surface area (Å²) in [5.74, 6) is 0.705. The van der Waals surface area contributed by atoms with Gasteiger partial charge in [-0.2, -0.15) is 4.98 Å². The Labute approximate surface area is 103 Å². The highest BCUT2D eigenvalue weighted by Gasteiger charge is 2.23. The monoisotopic (exact) mass is 253 g/mol. The predicted octanol–water partition coefficient (Wildman–Crippen LogP) is 1.41. The summed E-state index contributed by atoms with van der Waals surface area (Å²) in [7, 11) is 0. The Balaban J connectivity index is 1.96. The molecule has 0 aromatic carbocycles. The average molecular weight is 253 g/mol. The Kier molecular flexibility index (Phi) is 2.74. The van der Waals surface area contributed by atoms with Gasteiger partial charge >= 0.3 is 0 Å². The molecule has 2 aliphatic rings. The highest BCUT2D eigenvalue weighted by molar-refractivity contribution is 7.99. The van der Waals surface area contributed by atoms with E-state index in [0.717, 1.165) is 18.6 Å². The molecule has 1 aliphatic heterocycles. The second-order valence-corrected chi connectivity index (χ2v) is 5.59. The van der Waals surface area contributed by atoms with Crippen LogP contribution in [-0.4, -0.2) is 26.5 Å². The van der Waals surface area contributed by atoms with E-state index in [1.165, 1.54) is 24.6 Å². The van der Waals surface area contributed by atoms with E-state index < -0.39 is 0 Å². The first kappa shape index (κ1) is 11.0.